The van der Waals surface area contributed by atoms with Crippen LogP contribution in [0.25, 0.3) is 0 Å². The van der Waals surface area contributed by atoms with E-state index in [-0.39, 0.29) is 29.2 Å². The number of nitrogens with zero attached hydrogens (tertiary/aromatic N) is 2. The normalized spacial score (nSPS) is 18.9. The van der Waals surface area contributed by atoms with Crippen molar-refractivity contribution in [3.63, 3.8) is 0 Å². The van der Waals surface area contributed by atoms with Crippen molar-refractivity contribution in [2.75, 3.05) is 24.6 Å². The van der Waals surface area contributed by atoms with E-state index in [0.29, 0.717) is 18.0 Å². The maximum atomic E-state index is 11.5. The van der Waals surface area contributed by atoms with Gasteiger partial charge in [-0.15, -0.1) is 0 Å². The van der Waals surface area contributed by atoms with E-state index in [4.69, 9.17) is 4.74 Å². The Morgan fingerprint density at radius 1 is 1.52 bits per heavy atom. The lowest BCUT2D eigenvalue weighted by molar-refractivity contribution is -0.385. The van der Waals surface area contributed by atoms with Gasteiger partial charge in [0.25, 0.3) is 0 Å². The number of benzene rings is 1. The molecule has 1 unspecified atom stereocenters. The van der Waals surface area contributed by atoms with E-state index < -0.39 is 0 Å². The van der Waals surface area contributed by atoms with Gasteiger partial charge >= 0.3 is 5.69 Å². The number of ether oxygens (including phenoxy) is 1. The minimum absolute atomic E-state index is 0.0183. The van der Waals surface area contributed by atoms with Crippen molar-refractivity contribution < 1.29 is 14.8 Å². The Kier molecular flexibility index (Phi) is 5.01. The van der Waals surface area contributed by atoms with Gasteiger partial charge < -0.3 is 14.7 Å². The third kappa shape index (κ3) is 3.64. The molecule has 1 aromatic carbocycles. The van der Waals surface area contributed by atoms with E-state index >= 15 is 0 Å². The Morgan fingerprint density at radius 2 is 2.29 bits per heavy atom. The number of nitro groups is 1. The summed E-state index contributed by atoms with van der Waals surface area (Å²) in [6.07, 6.45) is 1.77. The Bertz CT molecular complexity index is 504. The summed E-state index contributed by atoms with van der Waals surface area (Å²) in [7, 11) is 0. The number of piperidine rings is 1. The van der Waals surface area contributed by atoms with Gasteiger partial charge in [-0.1, -0.05) is 6.07 Å². The summed E-state index contributed by atoms with van der Waals surface area (Å²) in [5.74, 6) is 0.478. The third-order valence-electron chi connectivity index (χ3n) is 3.64. The van der Waals surface area contributed by atoms with E-state index in [9.17, 15) is 15.2 Å². The van der Waals surface area contributed by atoms with Crippen LogP contribution in [0, 0.1) is 16.0 Å². The van der Waals surface area contributed by atoms with E-state index in [2.05, 4.69) is 0 Å². The number of hydrogen-bond donors (Lipinski definition) is 1. The van der Waals surface area contributed by atoms with Gasteiger partial charge in [-0.05, 0) is 44.7 Å². The fraction of sp³-hybridized carbons (Fsp3) is 0.600. The van der Waals surface area contributed by atoms with Crippen LogP contribution in [0.5, 0.6) is 5.75 Å². The van der Waals surface area contributed by atoms with Crippen LogP contribution in [0.15, 0.2) is 18.2 Å². The number of hydrogen-bond acceptors (Lipinski definition) is 5. The molecule has 6 heteroatoms. The van der Waals surface area contributed by atoms with Crippen LogP contribution in [0.1, 0.15) is 26.7 Å². The molecule has 1 aliphatic heterocycles. The second-order valence-corrected chi connectivity index (χ2v) is 5.68. The Hall–Kier alpha value is -1.82. The molecule has 1 aliphatic rings. The molecule has 6 nitrogen and oxygen atoms in total. The van der Waals surface area contributed by atoms with Crippen molar-refractivity contribution in [2.24, 2.45) is 5.92 Å². The molecule has 116 valence electrons. The molecule has 0 radical (unpaired) electrons. The van der Waals surface area contributed by atoms with E-state index in [1.165, 1.54) is 0 Å². The lowest BCUT2D eigenvalue weighted by Gasteiger charge is -2.33. The predicted molar refractivity (Wildman–Crippen MR) is 80.9 cm³/mol. The number of aliphatic hydroxyl groups is 1. The van der Waals surface area contributed by atoms with Crippen molar-refractivity contribution >= 4 is 11.4 Å². The SMILES string of the molecule is CC(C)Oc1cccc(N2CCCC(CO)C2)c1[N+](=O)[O-]. The fourth-order valence-electron chi connectivity index (χ4n) is 2.73. The molecule has 0 aliphatic carbocycles. The summed E-state index contributed by atoms with van der Waals surface area (Å²) in [5, 5.41) is 20.8. The first kappa shape index (κ1) is 15.6. The molecular weight excluding hydrogens is 272 g/mol. The average molecular weight is 294 g/mol. The second-order valence-electron chi connectivity index (χ2n) is 5.68. The number of anilines is 1. The molecular formula is C15H22N2O4. The standard InChI is InChI=1S/C15H22N2O4/c1-11(2)21-14-7-3-6-13(15(14)17(19)20)16-8-4-5-12(9-16)10-18/h3,6-7,11-12,18H,4-5,8-10H2,1-2H3. The summed E-state index contributed by atoms with van der Waals surface area (Å²) in [4.78, 5) is 13.1. The first-order valence-corrected chi connectivity index (χ1v) is 7.32. The van der Waals surface area contributed by atoms with Gasteiger partial charge in [0.2, 0.25) is 0 Å². The predicted octanol–water partition coefficient (Wildman–Crippen LogP) is 2.59. The third-order valence-corrected chi connectivity index (χ3v) is 3.64. The molecule has 0 aromatic heterocycles. The molecule has 1 atom stereocenters. The van der Waals surface area contributed by atoms with Gasteiger partial charge in [0, 0.05) is 19.7 Å². The van der Waals surface area contributed by atoms with Gasteiger partial charge in [-0.3, -0.25) is 10.1 Å². The Labute approximate surface area is 124 Å². The molecule has 1 fully saturated rings. The zero-order valence-electron chi connectivity index (χ0n) is 12.5. The number of rotatable bonds is 5. The summed E-state index contributed by atoms with van der Waals surface area (Å²) >= 11 is 0. The van der Waals surface area contributed by atoms with Crippen molar-refractivity contribution in [3.8, 4) is 5.75 Å². The lowest BCUT2D eigenvalue weighted by atomic mass is 9.98. The minimum atomic E-state index is -0.379. The highest BCUT2D eigenvalue weighted by Crippen LogP contribution is 2.39. The summed E-state index contributed by atoms with van der Waals surface area (Å²) in [6, 6.07) is 5.17. The molecule has 1 N–H and O–H groups in total. The van der Waals surface area contributed by atoms with Crippen LogP contribution in [0.4, 0.5) is 11.4 Å². The summed E-state index contributed by atoms with van der Waals surface area (Å²) in [6.45, 7) is 5.22. The topological polar surface area (TPSA) is 75.8 Å². The van der Waals surface area contributed by atoms with Crippen molar-refractivity contribution in [1.29, 1.82) is 0 Å². The van der Waals surface area contributed by atoms with Crippen LogP contribution in [-0.2, 0) is 0 Å². The maximum absolute atomic E-state index is 11.5. The molecule has 0 bridgehead atoms. The van der Waals surface area contributed by atoms with Crippen molar-refractivity contribution in [2.45, 2.75) is 32.8 Å². The Morgan fingerprint density at radius 3 is 2.90 bits per heavy atom. The lowest BCUT2D eigenvalue weighted by Crippen LogP contribution is -2.37. The van der Waals surface area contributed by atoms with Gasteiger partial charge in [0.15, 0.2) is 5.75 Å². The maximum Gasteiger partial charge on any atom is 0.333 e. The summed E-state index contributed by atoms with van der Waals surface area (Å²) in [5.41, 5.74) is 0.598. The quantitative estimate of drug-likeness (QED) is 0.667. The highest BCUT2D eigenvalue weighted by atomic mass is 16.6. The Balaban J connectivity index is 2.35. The van der Waals surface area contributed by atoms with Crippen LogP contribution in [0.2, 0.25) is 0 Å². The second kappa shape index (κ2) is 6.76. The highest BCUT2D eigenvalue weighted by molar-refractivity contribution is 5.70. The molecule has 2 rings (SSSR count). The molecule has 0 amide bonds. The molecule has 0 saturated carbocycles. The zero-order chi connectivity index (χ0) is 15.4. The highest BCUT2D eigenvalue weighted by Gasteiger charge is 2.28. The van der Waals surface area contributed by atoms with E-state index in [1.54, 1.807) is 18.2 Å². The molecule has 1 aromatic rings. The fourth-order valence-corrected chi connectivity index (χ4v) is 2.73. The van der Waals surface area contributed by atoms with Crippen LogP contribution >= 0.6 is 0 Å². The molecule has 1 heterocycles. The van der Waals surface area contributed by atoms with Crippen molar-refractivity contribution in [1.82, 2.24) is 0 Å². The molecule has 21 heavy (non-hydrogen) atoms. The number of nitro benzene ring substituents is 1. The minimum Gasteiger partial charge on any atom is -0.484 e. The van der Waals surface area contributed by atoms with Gasteiger partial charge in [0.1, 0.15) is 5.69 Å². The van der Waals surface area contributed by atoms with Crippen LogP contribution in [0.3, 0.4) is 0 Å². The molecule has 1 saturated heterocycles. The number of aliphatic hydroxyl groups excluding tert-OH is 1. The number of para-hydroxylation sites is 1. The van der Waals surface area contributed by atoms with Crippen LogP contribution in [-0.4, -0.2) is 35.8 Å². The van der Waals surface area contributed by atoms with Gasteiger partial charge in [-0.25, -0.2) is 0 Å². The monoisotopic (exact) mass is 294 g/mol. The largest absolute Gasteiger partial charge is 0.484 e. The van der Waals surface area contributed by atoms with Gasteiger partial charge in [0.05, 0.1) is 11.0 Å². The van der Waals surface area contributed by atoms with E-state index in [0.717, 1.165) is 19.4 Å². The smallest absolute Gasteiger partial charge is 0.333 e. The first-order valence-electron chi connectivity index (χ1n) is 7.32. The van der Waals surface area contributed by atoms with Crippen LogP contribution < -0.4 is 9.64 Å². The van der Waals surface area contributed by atoms with E-state index in [1.807, 2.05) is 18.7 Å². The van der Waals surface area contributed by atoms with Gasteiger partial charge in [-0.2, -0.15) is 0 Å². The average Bonchev–Trinajstić information content (AvgIpc) is 2.46. The first-order chi connectivity index (χ1) is 10.0. The summed E-state index contributed by atoms with van der Waals surface area (Å²) < 4.78 is 5.57. The zero-order valence-corrected chi connectivity index (χ0v) is 12.5. The molecule has 0 spiro atoms. The van der Waals surface area contributed by atoms with Crippen molar-refractivity contribution in [3.05, 3.63) is 28.3 Å².